The van der Waals surface area contributed by atoms with Gasteiger partial charge < -0.3 is 10.4 Å². The number of carbonyl (C=O) groups is 2. The zero-order valence-corrected chi connectivity index (χ0v) is 9.99. The zero-order chi connectivity index (χ0) is 13.5. The Labute approximate surface area is 105 Å². The number of hydrogen-bond donors (Lipinski definition) is 3. The van der Waals surface area contributed by atoms with Gasteiger partial charge in [0.25, 0.3) is 0 Å². The molecule has 0 saturated heterocycles. The molecule has 0 bridgehead atoms. The lowest BCUT2D eigenvalue weighted by Gasteiger charge is -2.07. The van der Waals surface area contributed by atoms with Crippen LogP contribution in [0.25, 0.3) is 0 Å². The van der Waals surface area contributed by atoms with Gasteiger partial charge in [0, 0.05) is 5.69 Å². The van der Waals surface area contributed by atoms with E-state index in [4.69, 9.17) is 11.5 Å². The van der Waals surface area contributed by atoms with E-state index in [1.807, 2.05) is 0 Å². The van der Waals surface area contributed by atoms with Crippen molar-refractivity contribution in [1.82, 2.24) is 5.32 Å². The summed E-state index contributed by atoms with van der Waals surface area (Å²) in [6.45, 7) is 2.12. The van der Waals surface area contributed by atoms with E-state index in [9.17, 15) is 9.59 Å². The van der Waals surface area contributed by atoms with Gasteiger partial charge in [0.2, 0.25) is 5.91 Å². The first kappa shape index (κ1) is 13.7. The molecular formula is C13H14N2O3. The molecule has 0 unspecified atom stereocenters. The van der Waals surface area contributed by atoms with E-state index in [1.165, 1.54) is 6.07 Å². The van der Waals surface area contributed by atoms with Gasteiger partial charge in [-0.3, -0.25) is 10.1 Å². The van der Waals surface area contributed by atoms with E-state index in [-0.39, 0.29) is 18.0 Å². The Morgan fingerprint density at radius 2 is 2.17 bits per heavy atom. The standard InChI is InChI=1S/C13H14N2O3/c1-3-6-14-8-12(16)15-10-4-5-11(13(17)18)9(2)7-10/h1,4-5,7,14H,6,8H2,2H3,(H,15,16)(H,17,18). The number of carboxylic acid groups (broad SMARTS) is 1. The average molecular weight is 246 g/mol. The fraction of sp³-hybridized carbons (Fsp3) is 0.231. The number of carbonyl (C=O) groups excluding carboxylic acids is 1. The van der Waals surface area contributed by atoms with Crippen LogP contribution in [0.5, 0.6) is 0 Å². The van der Waals surface area contributed by atoms with Crippen LogP contribution < -0.4 is 10.6 Å². The molecule has 3 N–H and O–H groups in total. The van der Waals surface area contributed by atoms with E-state index in [1.54, 1.807) is 19.1 Å². The maximum absolute atomic E-state index is 11.5. The fourth-order valence-electron chi connectivity index (χ4n) is 1.43. The van der Waals surface area contributed by atoms with Crippen LogP contribution in [0.15, 0.2) is 18.2 Å². The Morgan fingerprint density at radius 3 is 2.72 bits per heavy atom. The largest absolute Gasteiger partial charge is 0.478 e. The number of carboxylic acids is 1. The topological polar surface area (TPSA) is 78.4 Å². The SMILES string of the molecule is C#CCNCC(=O)Nc1ccc(C(=O)O)c(C)c1. The van der Waals surface area contributed by atoms with Gasteiger partial charge in [-0.15, -0.1) is 6.42 Å². The van der Waals surface area contributed by atoms with Gasteiger partial charge in [-0.1, -0.05) is 5.92 Å². The van der Waals surface area contributed by atoms with Crippen molar-refractivity contribution in [2.75, 3.05) is 18.4 Å². The van der Waals surface area contributed by atoms with Crippen molar-refractivity contribution in [3.63, 3.8) is 0 Å². The van der Waals surface area contributed by atoms with Crippen LogP contribution in [0.4, 0.5) is 5.69 Å². The van der Waals surface area contributed by atoms with Crippen molar-refractivity contribution in [2.24, 2.45) is 0 Å². The number of rotatable bonds is 5. The monoisotopic (exact) mass is 246 g/mol. The van der Waals surface area contributed by atoms with Gasteiger partial charge in [0.05, 0.1) is 18.7 Å². The highest BCUT2D eigenvalue weighted by atomic mass is 16.4. The Morgan fingerprint density at radius 1 is 1.44 bits per heavy atom. The first-order valence-corrected chi connectivity index (χ1v) is 5.32. The second-order valence-corrected chi connectivity index (χ2v) is 3.69. The molecule has 18 heavy (non-hydrogen) atoms. The molecule has 0 heterocycles. The highest BCUT2D eigenvalue weighted by Gasteiger charge is 2.08. The van der Waals surface area contributed by atoms with Crippen LogP contribution in [0.2, 0.25) is 0 Å². The molecule has 0 aliphatic rings. The van der Waals surface area contributed by atoms with Crippen molar-refractivity contribution < 1.29 is 14.7 Å². The minimum Gasteiger partial charge on any atom is -0.478 e. The van der Waals surface area contributed by atoms with Gasteiger partial charge in [0.15, 0.2) is 0 Å². The summed E-state index contributed by atoms with van der Waals surface area (Å²) in [5, 5.41) is 14.3. The number of hydrogen-bond acceptors (Lipinski definition) is 3. The third-order valence-corrected chi connectivity index (χ3v) is 2.25. The molecule has 0 radical (unpaired) electrons. The van der Waals surface area contributed by atoms with Crippen LogP contribution in [0.1, 0.15) is 15.9 Å². The first-order valence-electron chi connectivity index (χ1n) is 5.32. The van der Waals surface area contributed by atoms with Gasteiger partial charge in [-0.05, 0) is 30.7 Å². The van der Waals surface area contributed by atoms with Crippen molar-refractivity contribution in [3.05, 3.63) is 29.3 Å². The molecule has 5 nitrogen and oxygen atoms in total. The molecule has 0 aliphatic heterocycles. The predicted octanol–water partition coefficient (Wildman–Crippen LogP) is 0.855. The summed E-state index contributed by atoms with van der Waals surface area (Å²) in [5.41, 5.74) is 1.38. The number of terminal acetylenes is 1. The van der Waals surface area contributed by atoms with Gasteiger partial charge in [-0.2, -0.15) is 0 Å². The smallest absolute Gasteiger partial charge is 0.335 e. The van der Waals surface area contributed by atoms with Crippen molar-refractivity contribution in [1.29, 1.82) is 0 Å². The molecular weight excluding hydrogens is 232 g/mol. The molecule has 1 aromatic rings. The number of aryl methyl sites for hydroxylation is 1. The fourth-order valence-corrected chi connectivity index (χ4v) is 1.43. The normalized spacial score (nSPS) is 9.56. The van der Waals surface area contributed by atoms with E-state index < -0.39 is 5.97 Å². The van der Waals surface area contributed by atoms with Gasteiger partial charge in [-0.25, -0.2) is 4.79 Å². The third-order valence-electron chi connectivity index (χ3n) is 2.25. The lowest BCUT2D eigenvalue weighted by molar-refractivity contribution is -0.115. The summed E-state index contributed by atoms with van der Waals surface area (Å²) in [5.74, 6) is 1.15. The van der Waals surface area contributed by atoms with Crippen LogP contribution >= 0.6 is 0 Å². The van der Waals surface area contributed by atoms with Crippen LogP contribution in [-0.2, 0) is 4.79 Å². The summed E-state index contributed by atoms with van der Waals surface area (Å²) >= 11 is 0. The quantitative estimate of drug-likeness (QED) is 0.531. The van der Waals surface area contributed by atoms with E-state index in [2.05, 4.69) is 16.6 Å². The molecule has 0 aliphatic carbocycles. The number of nitrogens with one attached hydrogen (secondary N) is 2. The number of aromatic carboxylic acids is 1. The molecule has 0 aromatic heterocycles. The third kappa shape index (κ3) is 3.92. The number of benzene rings is 1. The Bertz CT molecular complexity index is 503. The molecule has 1 rings (SSSR count). The molecule has 0 saturated carbocycles. The maximum Gasteiger partial charge on any atom is 0.335 e. The average Bonchev–Trinajstić information content (AvgIpc) is 2.28. The summed E-state index contributed by atoms with van der Waals surface area (Å²) in [6.07, 6.45) is 5.03. The predicted molar refractivity (Wildman–Crippen MR) is 68.5 cm³/mol. The summed E-state index contributed by atoms with van der Waals surface area (Å²) in [4.78, 5) is 22.3. The molecule has 1 aromatic carbocycles. The lowest BCUT2D eigenvalue weighted by atomic mass is 10.1. The van der Waals surface area contributed by atoms with Crippen LogP contribution in [0.3, 0.4) is 0 Å². The highest BCUT2D eigenvalue weighted by molar-refractivity contribution is 5.94. The molecule has 0 spiro atoms. The second-order valence-electron chi connectivity index (χ2n) is 3.69. The van der Waals surface area contributed by atoms with Gasteiger partial charge in [0.1, 0.15) is 0 Å². The minimum absolute atomic E-state index is 0.115. The Kier molecular flexibility index (Phi) is 4.90. The Hall–Kier alpha value is -2.32. The second kappa shape index (κ2) is 6.42. The molecule has 0 fully saturated rings. The zero-order valence-electron chi connectivity index (χ0n) is 9.99. The van der Waals surface area contributed by atoms with Crippen molar-refractivity contribution in [3.8, 4) is 12.3 Å². The maximum atomic E-state index is 11.5. The molecule has 1 amide bonds. The van der Waals surface area contributed by atoms with E-state index in [0.29, 0.717) is 17.8 Å². The molecule has 5 heteroatoms. The first-order chi connectivity index (χ1) is 8.54. The summed E-state index contributed by atoms with van der Waals surface area (Å²) < 4.78 is 0. The van der Waals surface area contributed by atoms with Gasteiger partial charge >= 0.3 is 5.97 Å². The number of amides is 1. The van der Waals surface area contributed by atoms with E-state index in [0.717, 1.165) is 0 Å². The molecule has 0 atom stereocenters. The van der Waals surface area contributed by atoms with Crippen LogP contribution in [-0.4, -0.2) is 30.1 Å². The number of anilines is 1. The van der Waals surface area contributed by atoms with Crippen molar-refractivity contribution >= 4 is 17.6 Å². The highest BCUT2D eigenvalue weighted by Crippen LogP contribution is 2.14. The molecule has 94 valence electrons. The van der Waals surface area contributed by atoms with E-state index >= 15 is 0 Å². The summed E-state index contributed by atoms with van der Waals surface area (Å²) in [6, 6.07) is 4.63. The Balaban J connectivity index is 2.64. The van der Waals surface area contributed by atoms with Crippen LogP contribution in [0, 0.1) is 19.3 Å². The lowest BCUT2D eigenvalue weighted by Crippen LogP contribution is -2.28. The minimum atomic E-state index is -0.985. The van der Waals surface area contributed by atoms with Crippen molar-refractivity contribution in [2.45, 2.75) is 6.92 Å². The summed E-state index contributed by atoms with van der Waals surface area (Å²) in [7, 11) is 0.